The minimum Gasteiger partial charge on any atom is -0.464 e. The van der Waals surface area contributed by atoms with E-state index in [1.54, 1.807) is 38.1 Å². The van der Waals surface area contributed by atoms with Crippen molar-refractivity contribution in [1.82, 2.24) is 24.0 Å². The maximum Gasteiger partial charge on any atom is 0.339 e. The zero-order chi connectivity index (χ0) is 28.9. The van der Waals surface area contributed by atoms with Crippen LogP contribution < -0.4 is 16.1 Å². The summed E-state index contributed by atoms with van der Waals surface area (Å²) >= 11 is 0. The number of carbonyl (C=O) groups excluding carboxylic acids is 2. The summed E-state index contributed by atoms with van der Waals surface area (Å²) < 4.78 is 34.2. The molecule has 0 bridgehead atoms. The van der Waals surface area contributed by atoms with Gasteiger partial charge in [-0.15, -0.1) is 0 Å². The predicted molar refractivity (Wildman–Crippen MR) is 148 cm³/mol. The molecule has 3 rings (SSSR count). The van der Waals surface area contributed by atoms with Crippen molar-refractivity contribution >= 4 is 45.0 Å². The topological polar surface area (TPSA) is 172 Å². The van der Waals surface area contributed by atoms with Crippen molar-refractivity contribution in [3.63, 3.8) is 0 Å². The van der Waals surface area contributed by atoms with Crippen LogP contribution >= 0.6 is 0 Å². The van der Waals surface area contributed by atoms with Crippen LogP contribution in [0.5, 0.6) is 0 Å². The molecule has 0 saturated carbocycles. The number of nitrogens with zero attached hydrogens (tertiary/aromatic N) is 5. The number of hydrogen-bond acceptors (Lipinski definition) is 9. The van der Waals surface area contributed by atoms with Crippen molar-refractivity contribution < 1.29 is 22.7 Å². The number of ether oxygens (including phenoxy) is 1. The Balaban J connectivity index is 2.21. The maximum atomic E-state index is 13.8. The fourth-order valence-corrected chi connectivity index (χ4v) is 5.16. The molecule has 212 valence electrons. The summed E-state index contributed by atoms with van der Waals surface area (Å²) in [5.41, 5.74) is 6.03. The van der Waals surface area contributed by atoms with Crippen LogP contribution in [0.3, 0.4) is 0 Å². The van der Waals surface area contributed by atoms with Crippen molar-refractivity contribution in [3.05, 3.63) is 46.4 Å². The van der Waals surface area contributed by atoms with Crippen LogP contribution in [0.2, 0.25) is 0 Å². The molecule has 3 aromatic rings. The number of aromatic nitrogens is 4. The van der Waals surface area contributed by atoms with Gasteiger partial charge in [-0.05, 0) is 31.2 Å². The van der Waals surface area contributed by atoms with Crippen molar-refractivity contribution in [2.75, 3.05) is 29.9 Å². The molecule has 1 unspecified atom stereocenters. The van der Waals surface area contributed by atoms with Gasteiger partial charge in [0.1, 0.15) is 11.6 Å². The molecule has 1 amide bonds. The van der Waals surface area contributed by atoms with Crippen LogP contribution in [0.1, 0.15) is 46.1 Å². The Morgan fingerprint density at radius 3 is 2.41 bits per heavy atom. The number of carbonyl (C=O) groups is 2. The minimum absolute atomic E-state index is 0.0189. The van der Waals surface area contributed by atoms with Gasteiger partial charge in [-0.1, -0.05) is 51.1 Å². The molecule has 0 radical (unpaired) electrons. The Kier molecular flexibility index (Phi) is 9.32. The fraction of sp³-hybridized carbons (Fsp3) is 0.480. The molecule has 3 N–H and O–H groups in total. The summed E-state index contributed by atoms with van der Waals surface area (Å²) in [6.07, 6.45) is 0.662. The van der Waals surface area contributed by atoms with Gasteiger partial charge in [0, 0.05) is 7.05 Å². The van der Waals surface area contributed by atoms with Gasteiger partial charge in [0.15, 0.2) is 11.5 Å². The molecule has 13 nitrogen and oxygen atoms in total. The minimum atomic E-state index is -3.76. The van der Waals surface area contributed by atoms with Crippen LogP contribution in [-0.2, 0) is 26.1 Å². The van der Waals surface area contributed by atoms with Gasteiger partial charge in [-0.2, -0.15) is 9.97 Å². The number of nitrogen functional groups attached to an aromatic ring is 1. The van der Waals surface area contributed by atoms with E-state index >= 15 is 0 Å². The number of rotatable bonds is 11. The zero-order valence-corrected chi connectivity index (χ0v) is 23.6. The molecule has 2 aromatic heterocycles. The van der Waals surface area contributed by atoms with E-state index in [-0.39, 0.29) is 47.8 Å². The van der Waals surface area contributed by atoms with Crippen LogP contribution in [0.15, 0.2) is 35.1 Å². The Bertz CT molecular complexity index is 1500. The second kappa shape index (κ2) is 12.3. The second-order valence-electron chi connectivity index (χ2n) is 9.51. The van der Waals surface area contributed by atoms with Crippen molar-refractivity contribution in [2.24, 2.45) is 5.92 Å². The lowest BCUT2D eigenvalue weighted by molar-refractivity contribution is -0.148. The monoisotopic (exact) mass is 561 g/mol. The Hall–Kier alpha value is -3.94. The number of nitrogens with one attached hydrogen (secondary N) is 1. The van der Waals surface area contributed by atoms with Crippen LogP contribution in [0.25, 0.3) is 11.2 Å². The molecular formula is C25H35N7O6S. The SMILES string of the molecule is CCCS(=O)(=O)Nc1nc(N)c2c(n1)n(Cc1ccccc1)c(=O)n2C(=O)N(C)C(CC(C)C)C(=O)OCC. The Labute approximate surface area is 227 Å². The van der Waals surface area contributed by atoms with E-state index in [1.165, 1.54) is 11.6 Å². The van der Waals surface area contributed by atoms with E-state index in [4.69, 9.17) is 10.5 Å². The lowest BCUT2D eigenvalue weighted by Gasteiger charge is -2.27. The van der Waals surface area contributed by atoms with E-state index in [0.717, 1.165) is 15.0 Å². The molecule has 0 fully saturated rings. The summed E-state index contributed by atoms with van der Waals surface area (Å²) in [6.45, 7) is 7.32. The number of hydrogen-bond donors (Lipinski definition) is 2. The molecular weight excluding hydrogens is 526 g/mol. The molecule has 14 heteroatoms. The number of likely N-dealkylation sites (N-methyl/N-ethyl adjacent to an activating group) is 1. The molecule has 1 atom stereocenters. The summed E-state index contributed by atoms with van der Waals surface area (Å²) in [7, 11) is -2.36. The Morgan fingerprint density at radius 2 is 1.82 bits per heavy atom. The summed E-state index contributed by atoms with van der Waals surface area (Å²) in [5.74, 6) is -1.33. The number of anilines is 2. The van der Waals surface area contributed by atoms with Gasteiger partial charge in [-0.25, -0.2) is 27.4 Å². The summed E-state index contributed by atoms with van der Waals surface area (Å²) in [4.78, 5) is 49.7. The van der Waals surface area contributed by atoms with Gasteiger partial charge >= 0.3 is 17.7 Å². The molecule has 0 aliphatic heterocycles. The van der Waals surface area contributed by atoms with Crippen molar-refractivity contribution in [1.29, 1.82) is 0 Å². The van der Waals surface area contributed by atoms with Gasteiger partial charge in [-0.3, -0.25) is 9.29 Å². The molecule has 0 aliphatic rings. The lowest BCUT2D eigenvalue weighted by Crippen LogP contribution is -2.48. The van der Waals surface area contributed by atoms with E-state index in [9.17, 15) is 22.8 Å². The third-order valence-corrected chi connectivity index (χ3v) is 7.35. The van der Waals surface area contributed by atoms with E-state index in [1.807, 2.05) is 19.9 Å². The Morgan fingerprint density at radius 1 is 1.15 bits per heavy atom. The molecule has 2 heterocycles. The number of sulfonamides is 1. The van der Waals surface area contributed by atoms with E-state index in [0.29, 0.717) is 12.8 Å². The highest BCUT2D eigenvalue weighted by Crippen LogP contribution is 2.23. The van der Waals surface area contributed by atoms with Crippen LogP contribution in [0.4, 0.5) is 16.6 Å². The van der Waals surface area contributed by atoms with Gasteiger partial charge < -0.3 is 15.4 Å². The first-order valence-corrected chi connectivity index (χ1v) is 14.3. The van der Waals surface area contributed by atoms with E-state index in [2.05, 4.69) is 14.7 Å². The fourth-order valence-electron chi connectivity index (χ4n) is 4.15. The normalized spacial score (nSPS) is 12.5. The van der Waals surface area contributed by atoms with Gasteiger partial charge in [0.2, 0.25) is 16.0 Å². The first-order valence-electron chi connectivity index (χ1n) is 12.7. The van der Waals surface area contributed by atoms with Gasteiger partial charge in [0.25, 0.3) is 0 Å². The van der Waals surface area contributed by atoms with Gasteiger partial charge in [0.05, 0.1) is 18.9 Å². The third kappa shape index (κ3) is 6.74. The number of esters is 1. The largest absolute Gasteiger partial charge is 0.464 e. The second-order valence-corrected chi connectivity index (χ2v) is 11.3. The highest BCUT2D eigenvalue weighted by atomic mass is 32.2. The maximum absolute atomic E-state index is 13.8. The molecule has 0 saturated heterocycles. The number of benzene rings is 1. The predicted octanol–water partition coefficient (Wildman–Crippen LogP) is 2.25. The molecule has 0 spiro atoms. The molecule has 0 aliphatic carbocycles. The first kappa shape index (κ1) is 29.6. The summed E-state index contributed by atoms with van der Waals surface area (Å²) in [5, 5.41) is 0. The average Bonchev–Trinajstić information content (AvgIpc) is 3.13. The standard InChI is InChI=1S/C25H35N7O6S/c1-6-13-39(36,37)29-23-27-20(26)19-21(28-23)31(15-17-11-9-8-10-12-17)25(35)32(19)24(34)30(5)18(14-16(3)4)22(33)38-7-2/h8-12,16,18H,6-7,13-15H2,1-5H3,(H3,26,27,28,29). The van der Waals surface area contributed by atoms with Crippen molar-refractivity contribution in [3.8, 4) is 0 Å². The molecule has 1 aromatic carbocycles. The average molecular weight is 562 g/mol. The molecule has 39 heavy (non-hydrogen) atoms. The van der Waals surface area contributed by atoms with Crippen molar-refractivity contribution in [2.45, 2.75) is 53.1 Å². The highest BCUT2D eigenvalue weighted by Gasteiger charge is 2.33. The first-order chi connectivity index (χ1) is 18.4. The quantitative estimate of drug-likeness (QED) is 0.333. The number of amides is 1. The van der Waals surface area contributed by atoms with Crippen LogP contribution in [0, 0.1) is 5.92 Å². The number of imidazole rings is 1. The third-order valence-electron chi connectivity index (χ3n) is 5.91. The smallest absolute Gasteiger partial charge is 0.339 e. The zero-order valence-electron chi connectivity index (χ0n) is 22.7. The number of nitrogens with two attached hydrogens (primary N) is 1. The number of fused-ring (bicyclic) bond motifs is 1. The van der Waals surface area contributed by atoms with E-state index < -0.39 is 33.8 Å². The summed E-state index contributed by atoms with van der Waals surface area (Å²) in [6, 6.07) is 7.20. The lowest BCUT2D eigenvalue weighted by atomic mass is 10.0. The van der Waals surface area contributed by atoms with Crippen LogP contribution in [-0.4, -0.2) is 69.9 Å². The highest BCUT2D eigenvalue weighted by molar-refractivity contribution is 7.92.